The average Bonchev–Trinajstić information content (AvgIpc) is 3.13. The molecule has 1 aromatic heterocycles. The summed E-state index contributed by atoms with van der Waals surface area (Å²) in [6, 6.07) is 19.1. The molecule has 0 fully saturated rings. The minimum Gasteiger partial charge on any atom is -0.399 e. The van der Waals surface area contributed by atoms with Gasteiger partial charge < -0.3 is 10.3 Å². The number of aryl methyl sites for hydroxylation is 3. The normalized spacial score (nSPS) is 11.5. The summed E-state index contributed by atoms with van der Waals surface area (Å²) in [6.07, 6.45) is 0. The second-order valence-electron chi connectivity index (χ2n) is 8.63. The molecular weight excluding hydrogens is 446 g/mol. The molecule has 0 unspecified atom stereocenters. The molecule has 6 nitrogen and oxygen atoms in total. The fourth-order valence-electron chi connectivity index (χ4n) is 4.40. The first-order valence-corrected chi connectivity index (χ1v) is 12.5. The van der Waals surface area contributed by atoms with Crippen LogP contribution in [0.2, 0.25) is 0 Å². The number of nitriles is 1. The monoisotopic (exact) mass is 471 g/mol. The molecule has 0 spiro atoms. The van der Waals surface area contributed by atoms with Crippen LogP contribution in [0.1, 0.15) is 38.3 Å². The number of hydrogen-bond donors (Lipinski definition) is 1. The molecule has 3 aromatic carbocycles. The maximum absolute atomic E-state index is 13.4. The zero-order valence-corrected chi connectivity index (χ0v) is 20.1. The Morgan fingerprint density at radius 1 is 1.00 bits per heavy atom. The van der Waals surface area contributed by atoms with Gasteiger partial charge in [-0.3, -0.25) is 4.79 Å². The van der Waals surface area contributed by atoms with Crippen molar-refractivity contribution in [2.24, 2.45) is 0 Å². The summed E-state index contributed by atoms with van der Waals surface area (Å²) in [5.74, 6) is -1.19. The summed E-state index contributed by atoms with van der Waals surface area (Å²) >= 11 is 0. The van der Waals surface area contributed by atoms with Crippen LogP contribution in [-0.4, -0.2) is 24.5 Å². The van der Waals surface area contributed by atoms with Gasteiger partial charge in [-0.2, -0.15) is 5.26 Å². The Kier molecular flexibility index (Phi) is 6.03. The zero-order chi connectivity index (χ0) is 24.6. The van der Waals surface area contributed by atoms with Crippen molar-refractivity contribution >= 4 is 32.2 Å². The lowest BCUT2D eigenvalue weighted by atomic mass is 9.99. The molecule has 0 aliphatic rings. The maximum atomic E-state index is 13.4. The predicted molar refractivity (Wildman–Crippen MR) is 134 cm³/mol. The Hall–Kier alpha value is -3.89. The largest absolute Gasteiger partial charge is 0.399 e. The molecule has 0 saturated heterocycles. The van der Waals surface area contributed by atoms with E-state index in [0.29, 0.717) is 23.2 Å². The fourth-order valence-corrected chi connectivity index (χ4v) is 5.66. The number of nitrogens with two attached hydrogens (primary N) is 1. The first-order valence-electron chi connectivity index (χ1n) is 10.8. The summed E-state index contributed by atoms with van der Waals surface area (Å²) in [6.45, 7) is 6.50. The maximum Gasteiger partial charge on any atom is 0.194 e. The standard InChI is InChI=1S/C27H25N3O3S/c1-17-9-18(2)24(19(3)10-17)15-30-25-8-7-20(14-28)11-21(25)12-26(30)27(31)16-34(32,33)23-6-4-5-22(29)13-23/h4-13H,15-16,29H2,1-3H3. The van der Waals surface area contributed by atoms with Gasteiger partial charge >= 0.3 is 0 Å². The Morgan fingerprint density at radius 3 is 2.35 bits per heavy atom. The molecular formula is C27H25N3O3S. The van der Waals surface area contributed by atoms with Crippen LogP contribution in [-0.2, 0) is 16.4 Å². The quantitative estimate of drug-likeness (QED) is 0.323. The second-order valence-corrected chi connectivity index (χ2v) is 10.6. The van der Waals surface area contributed by atoms with Gasteiger partial charge in [0.05, 0.1) is 22.2 Å². The van der Waals surface area contributed by atoms with E-state index in [9.17, 15) is 18.5 Å². The molecule has 1 heterocycles. The minimum atomic E-state index is -3.89. The molecule has 0 amide bonds. The van der Waals surface area contributed by atoms with E-state index in [4.69, 9.17) is 5.73 Å². The topological polar surface area (TPSA) is 106 Å². The van der Waals surface area contributed by atoms with Crippen molar-refractivity contribution in [3.05, 3.63) is 94.2 Å². The summed E-state index contributed by atoms with van der Waals surface area (Å²) in [4.78, 5) is 13.4. The Bertz CT molecular complexity index is 1570. The summed E-state index contributed by atoms with van der Waals surface area (Å²) in [5, 5.41) is 10.0. The van der Waals surface area contributed by atoms with Gasteiger partial charge in [-0.1, -0.05) is 23.8 Å². The first kappa shape index (κ1) is 23.3. The minimum absolute atomic E-state index is 0.0144. The smallest absolute Gasteiger partial charge is 0.194 e. The molecule has 172 valence electrons. The lowest BCUT2D eigenvalue weighted by molar-refractivity contribution is 0.101. The van der Waals surface area contributed by atoms with Crippen molar-refractivity contribution in [3.8, 4) is 6.07 Å². The van der Waals surface area contributed by atoms with Crippen LogP contribution >= 0.6 is 0 Å². The van der Waals surface area contributed by atoms with Gasteiger partial charge in [-0.15, -0.1) is 0 Å². The molecule has 0 aliphatic carbocycles. The summed E-state index contributed by atoms with van der Waals surface area (Å²) in [5.41, 5.74) is 12.0. The van der Waals surface area contributed by atoms with E-state index in [-0.39, 0.29) is 10.6 Å². The molecule has 0 saturated carbocycles. The SMILES string of the molecule is Cc1cc(C)c(Cn2c(C(=O)CS(=O)(=O)c3cccc(N)c3)cc3cc(C#N)ccc32)c(C)c1. The second kappa shape index (κ2) is 8.81. The van der Waals surface area contributed by atoms with Crippen molar-refractivity contribution in [3.63, 3.8) is 0 Å². The van der Waals surface area contributed by atoms with Crippen LogP contribution in [0.3, 0.4) is 0 Å². The number of benzene rings is 3. The highest BCUT2D eigenvalue weighted by Crippen LogP contribution is 2.27. The molecule has 2 N–H and O–H groups in total. The van der Waals surface area contributed by atoms with Gasteiger partial charge in [-0.25, -0.2) is 8.42 Å². The summed E-state index contributed by atoms with van der Waals surface area (Å²) < 4.78 is 27.8. The number of carbonyl (C=O) groups excluding carboxylic acids is 1. The lowest BCUT2D eigenvalue weighted by Crippen LogP contribution is -2.20. The molecule has 7 heteroatoms. The number of carbonyl (C=O) groups is 1. The summed E-state index contributed by atoms with van der Waals surface area (Å²) in [7, 11) is -3.89. The lowest BCUT2D eigenvalue weighted by Gasteiger charge is -2.16. The number of aromatic nitrogens is 1. The van der Waals surface area contributed by atoms with Crippen molar-refractivity contribution in [2.75, 3.05) is 11.5 Å². The van der Waals surface area contributed by atoms with Gasteiger partial charge in [-0.05, 0) is 79.9 Å². The molecule has 0 atom stereocenters. The van der Waals surface area contributed by atoms with E-state index in [2.05, 4.69) is 18.2 Å². The van der Waals surface area contributed by atoms with Crippen LogP contribution in [0.5, 0.6) is 0 Å². The third kappa shape index (κ3) is 4.45. The van der Waals surface area contributed by atoms with E-state index in [1.165, 1.54) is 12.1 Å². The number of Topliss-reactive ketones (excluding diaryl/α,β-unsaturated/α-hetero) is 1. The molecule has 4 rings (SSSR count). The number of ketones is 1. The number of rotatable bonds is 6. The molecule has 0 radical (unpaired) electrons. The van der Waals surface area contributed by atoms with Crippen LogP contribution in [0.25, 0.3) is 10.9 Å². The number of fused-ring (bicyclic) bond motifs is 1. The van der Waals surface area contributed by atoms with Gasteiger partial charge in [0.15, 0.2) is 15.6 Å². The number of sulfone groups is 1. The van der Waals surface area contributed by atoms with Crippen molar-refractivity contribution in [1.82, 2.24) is 4.57 Å². The number of nitrogen functional groups attached to an aromatic ring is 1. The van der Waals surface area contributed by atoms with Crippen LogP contribution < -0.4 is 5.73 Å². The highest BCUT2D eigenvalue weighted by atomic mass is 32.2. The predicted octanol–water partition coefficient (Wildman–Crippen LogP) is 4.73. The fraction of sp³-hybridized carbons (Fsp3) is 0.185. The number of hydrogen-bond acceptors (Lipinski definition) is 5. The highest BCUT2D eigenvalue weighted by Gasteiger charge is 2.24. The van der Waals surface area contributed by atoms with Gasteiger partial charge in [0, 0.05) is 23.1 Å². The molecule has 0 aliphatic heterocycles. The van der Waals surface area contributed by atoms with Crippen molar-refractivity contribution < 1.29 is 13.2 Å². The van der Waals surface area contributed by atoms with E-state index in [1.54, 1.807) is 36.4 Å². The van der Waals surface area contributed by atoms with E-state index in [1.807, 2.05) is 25.3 Å². The Balaban J connectivity index is 1.82. The third-order valence-electron chi connectivity index (χ3n) is 6.01. The molecule has 0 bridgehead atoms. The number of anilines is 1. The van der Waals surface area contributed by atoms with Crippen molar-refractivity contribution in [1.29, 1.82) is 5.26 Å². The van der Waals surface area contributed by atoms with Gasteiger partial charge in [0.25, 0.3) is 0 Å². The Morgan fingerprint density at radius 2 is 1.71 bits per heavy atom. The first-order chi connectivity index (χ1) is 16.1. The molecule has 4 aromatic rings. The van der Waals surface area contributed by atoms with Crippen LogP contribution in [0.4, 0.5) is 5.69 Å². The van der Waals surface area contributed by atoms with Crippen LogP contribution in [0.15, 0.2) is 65.6 Å². The molecule has 34 heavy (non-hydrogen) atoms. The van der Waals surface area contributed by atoms with Crippen molar-refractivity contribution in [2.45, 2.75) is 32.2 Å². The number of nitrogens with zero attached hydrogens (tertiary/aromatic N) is 2. The van der Waals surface area contributed by atoms with E-state index >= 15 is 0 Å². The highest BCUT2D eigenvalue weighted by molar-refractivity contribution is 7.92. The van der Waals surface area contributed by atoms with E-state index < -0.39 is 21.4 Å². The van der Waals surface area contributed by atoms with Crippen LogP contribution in [0, 0.1) is 32.1 Å². The Labute approximate surface area is 199 Å². The zero-order valence-electron chi connectivity index (χ0n) is 19.3. The van der Waals surface area contributed by atoms with Gasteiger partial charge in [0.1, 0.15) is 5.75 Å². The van der Waals surface area contributed by atoms with E-state index in [0.717, 1.165) is 27.8 Å². The average molecular weight is 472 g/mol. The third-order valence-corrected chi connectivity index (χ3v) is 7.63. The van der Waals surface area contributed by atoms with Gasteiger partial charge in [0.2, 0.25) is 0 Å².